The van der Waals surface area contributed by atoms with Gasteiger partial charge in [-0.3, -0.25) is 0 Å². The zero-order valence-electron chi connectivity index (χ0n) is 11.9. The summed E-state index contributed by atoms with van der Waals surface area (Å²) in [5, 5.41) is 0. The first kappa shape index (κ1) is 13.9. The summed E-state index contributed by atoms with van der Waals surface area (Å²) in [6, 6.07) is 1.87. The van der Waals surface area contributed by atoms with Crippen molar-refractivity contribution in [1.82, 2.24) is 9.97 Å². The first-order valence-electron chi connectivity index (χ1n) is 7.16. The third-order valence-corrected chi connectivity index (χ3v) is 3.78. The normalized spacial score (nSPS) is 20.1. The quantitative estimate of drug-likeness (QED) is 0.905. The van der Waals surface area contributed by atoms with Crippen LogP contribution in [0, 0.1) is 5.92 Å². The van der Waals surface area contributed by atoms with Crippen molar-refractivity contribution in [2.75, 3.05) is 30.8 Å². The van der Waals surface area contributed by atoms with E-state index in [2.05, 4.69) is 21.8 Å². The number of methoxy groups -OCH3 is 1. The maximum absolute atomic E-state index is 5.73. The highest BCUT2D eigenvalue weighted by Gasteiger charge is 2.18. The Hall–Kier alpha value is -1.52. The van der Waals surface area contributed by atoms with Crippen LogP contribution in [-0.4, -0.2) is 30.2 Å². The molecule has 0 amide bonds. The average molecular weight is 264 g/mol. The Kier molecular flexibility index (Phi) is 4.82. The molecule has 1 saturated heterocycles. The van der Waals surface area contributed by atoms with E-state index >= 15 is 0 Å². The second kappa shape index (κ2) is 6.59. The maximum Gasteiger partial charge on any atom is 0.225 e. The lowest BCUT2D eigenvalue weighted by atomic mass is 9.96. The van der Waals surface area contributed by atoms with Gasteiger partial charge in [0.05, 0.1) is 7.11 Å². The van der Waals surface area contributed by atoms with Gasteiger partial charge in [-0.25, -0.2) is 0 Å². The van der Waals surface area contributed by atoms with Crippen LogP contribution < -0.4 is 15.4 Å². The van der Waals surface area contributed by atoms with Crippen molar-refractivity contribution in [3.8, 4) is 5.88 Å². The minimum absolute atomic E-state index is 0.281. The topological polar surface area (TPSA) is 64.3 Å². The fraction of sp³-hybridized carbons (Fsp3) is 0.714. The molecule has 5 heteroatoms. The van der Waals surface area contributed by atoms with Gasteiger partial charge >= 0.3 is 0 Å². The van der Waals surface area contributed by atoms with Crippen molar-refractivity contribution in [2.45, 2.75) is 39.0 Å². The maximum atomic E-state index is 5.73. The molecule has 1 fully saturated rings. The van der Waals surface area contributed by atoms with Gasteiger partial charge in [0.15, 0.2) is 0 Å². The summed E-state index contributed by atoms with van der Waals surface area (Å²) in [4.78, 5) is 10.7. The fourth-order valence-corrected chi connectivity index (χ4v) is 2.79. The Morgan fingerprint density at radius 1 is 1.37 bits per heavy atom. The van der Waals surface area contributed by atoms with Crippen LogP contribution in [-0.2, 0) is 0 Å². The molecule has 0 aliphatic carbocycles. The number of nitrogen functional groups attached to an aromatic ring is 1. The van der Waals surface area contributed by atoms with E-state index in [0.29, 0.717) is 5.88 Å². The fourth-order valence-electron chi connectivity index (χ4n) is 2.79. The Morgan fingerprint density at radius 2 is 2.21 bits per heavy atom. The van der Waals surface area contributed by atoms with Gasteiger partial charge < -0.3 is 15.4 Å². The van der Waals surface area contributed by atoms with Gasteiger partial charge in [0.2, 0.25) is 11.8 Å². The zero-order valence-corrected chi connectivity index (χ0v) is 11.9. The summed E-state index contributed by atoms with van der Waals surface area (Å²) in [6.07, 6.45) is 6.39. The standard InChI is InChI=1S/C14H24N4O/c1-3-5-11-6-4-8-18(9-7-11)12-10-13(19-2)17-14(15)16-12/h10-11H,3-9H2,1-2H3,(H2,15,16,17). The van der Waals surface area contributed by atoms with Gasteiger partial charge in [0.25, 0.3) is 0 Å². The van der Waals surface area contributed by atoms with Crippen LogP contribution in [0.3, 0.4) is 0 Å². The van der Waals surface area contributed by atoms with Gasteiger partial charge in [-0.05, 0) is 25.2 Å². The van der Waals surface area contributed by atoms with Crippen LogP contribution in [0.2, 0.25) is 0 Å². The minimum Gasteiger partial charge on any atom is -0.481 e. The van der Waals surface area contributed by atoms with E-state index in [1.54, 1.807) is 7.11 Å². The summed E-state index contributed by atoms with van der Waals surface area (Å²) in [6.45, 7) is 4.35. The number of nitrogens with zero attached hydrogens (tertiary/aromatic N) is 3. The van der Waals surface area contributed by atoms with Crippen LogP contribution in [0.1, 0.15) is 39.0 Å². The van der Waals surface area contributed by atoms with Crippen LogP contribution in [0.4, 0.5) is 11.8 Å². The van der Waals surface area contributed by atoms with Gasteiger partial charge in [0.1, 0.15) is 5.82 Å². The summed E-state index contributed by atoms with van der Waals surface area (Å²) in [5.74, 6) is 2.57. The molecule has 1 aromatic heterocycles. The van der Waals surface area contributed by atoms with E-state index in [4.69, 9.17) is 10.5 Å². The Bertz CT molecular complexity index is 410. The lowest BCUT2D eigenvalue weighted by Gasteiger charge is -2.22. The number of anilines is 2. The van der Waals surface area contributed by atoms with Crippen LogP contribution in [0.5, 0.6) is 5.88 Å². The summed E-state index contributed by atoms with van der Waals surface area (Å²) in [5.41, 5.74) is 5.73. The van der Waals surface area contributed by atoms with Crippen LogP contribution >= 0.6 is 0 Å². The number of hydrogen-bond acceptors (Lipinski definition) is 5. The molecule has 1 atom stereocenters. The van der Waals surface area contributed by atoms with Crippen molar-refractivity contribution in [3.63, 3.8) is 0 Å². The molecular formula is C14H24N4O. The lowest BCUT2D eigenvalue weighted by molar-refractivity contribution is 0.397. The highest BCUT2D eigenvalue weighted by Crippen LogP contribution is 2.26. The van der Waals surface area contributed by atoms with Crippen LogP contribution in [0.25, 0.3) is 0 Å². The Labute approximate surface area is 115 Å². The number of hydrogen-bond donors (Lipinski definition) is 1. The molecule has 0 bridgehead atoms. The predicted octanol–water partition coefficient (Wildman–Crippen LogP) is 2.47. The molecule has 2 heterocycles. The number of nitrogens with two attached hydrogens (primary N) is 1. The third-order valence-electron chi connectivity index (χ3n) is 3.78. The molecule has 5 nitrogen and oxygen atoms in total. The smallest absolute Gasteiger partial charge is 0.225 e. The van der Waals surface area contributed by atoms with Crippen molar-refractivity contribution >= 4 is 11.8 Å². The van der Waals surface area contributed by atoms with Crippen molar-refractivity contribution in [3.05, 3.63) is 6.07 Å². The Balaban J connectivity index is 2.07. The summed E-state index contributed by atoms with van der Waals surface area (Å²) < 4.78 is 5.16. The highest BCUT2D eigenvalue weighted by atomic mass is 16.5. The Morgan fingerprint density at radius 3 is 2.95 bits per heavy atom. The summed E-state index contributed by atoms with van der Waals surface area (Å²) >= 11 is 0. The minimum atomic E-state index is 0.281. The molecule has 19 heavy (non-hydrogen) atoms. The number of rotatable bonds is 4. The molecule has 1 aliphatic heterocycles. The molecule has 2 N–H and O–H groups in total. The molecule has 1 aliphatic rings. The van der Waals surface area contributed by atoms with Crippen molar-refractivity contribution in [1.29, 1.82) is 0 Å². The largest absolute Gasteiger partial charge is 0.481 e. The molecule has 0 aromatic carbocycles. The molecule has 2 rings (SSSR count). The van der Waals surface area contributed by atoms with Gasteiger partial charge in [-0.1, -0.05) is 19.8 Å². The SMILES string of the molecule is CCCC1CCCN(c2cc(OC)nc(N)n2)CC1. The number of aromatic nitrogens is 2. The molecule has 1 aromatic rings. The van der Waals surface area contributed by atoms with E-state index in [-0.39, 0.29) is 5.95 Å². The van der Waals surface area contributed by atoms with Crippen molar-refractivity contribution in [2.24, 2.45) is 5.92 Å². The lowest BCUT2D eigenvalue weighted by Crippen LogP contribution is -2.25. The highest BCUT2D eigenvalue weighted by molar-refractivity contribution is 5.45. The van der Waals surface area contributed by atoms with Crippen LogP contribution in [0.15, 0.2) is 6.07 Å². The van der Waals surface area contributed by atoms with E-state index in [0.717, 1.165) is 24.8 Å². The molecule has 1 unspecified atom stereocenters. The predicted molar refractivity (Wildman–Crippen MR) is 77.5 cm³/mol. The first-order chi connectivity index (χ1) is 9.22. The van der Waals surface area contributed by atoms with Gasteiger partial charge in [-0.2, -0.15) is 9.97 Å². The van der Waals surface area contributed by atoms with Crippen molar-refractivity contribution < 1.29 is 4.74 Å². The molecule has 0 spiro atoms. The average Bonchev–Trinajstić information content (AvgIpc) is 2.64. The summed E-state index contributed by atoms with van der Waals surface area (Å²) in [7, 11) is 1.60. The third kappa shape index (κ3) is 3.72. The molecule has 106 valence electrons. The van der Waals surface area contributed by atoms with E-state index in [1.165, 1.54) is 32.1 Å². The number of ether oxygens (including phenoxy) is 1. The monoisotopic (exact) mass is 264 g/mol. The second-order valence-electron chi connectivity index (χ2n) is 5.20. The van der Waals surface area contributed by atoms with Gasteiger partial charge in [0, 0.05) is 19.2 Å². The molecular weight excluding hydrogens is 240 g/mol. The first-order valence-corrected chi connectivity index (χ1v) is 7.16. The molecule has 0 radical (unpaired) electrons. The van der Waals surface area contributed by atoms with Gasteiger partial charge in [-0.15, -0.1) is 0 Å². The molecule has 0 saturated carbocycles. The second-order valence-corrected chi connectivity index (χ2v) is 5.20. The van der Waals surface area contributed by atoms with E-state index in [9.17, 15) is 0 Å². The van der Waals surface area contributed by atoms with E-state index < -0.39 is 0 Å². The zero-order chi connectivity index (χ0) is 13.7. The van der Waals surface area contributed by atoms with E-state index in [1.807, 2.05) is 6.07 Å².